The number of benzene rings is 2. The maximum Gasteiger partial charge on any atom is 0.417 e. The van der Waals surface area contributed by atoms with Gasteiger partial charge in [-0.25, -0.2) is 10.1 Å². The van der Waals surface area contributed by atoms with Crippen molar-refractivity contribution >= 4 is 33.9 Å². The van der Waals surface area contributed by atoms with Crippen molar-refractivity contribution in [2.24, 2.45) is 0 Å². The molecule has 1 aliphatic heterocycles. The Bertz CT molecular complexity index is 1580. The lowest BCUT2D eigenvalue weighted by Gasteiger charge is -2.36. The fraction of sp³-hybridized carbons (Fsp3) is 0.231. The Morgan fingerprint density at radius 2 is 1.68 bits per heavy atom. The van der Waals surface area contributed by atoms with Crippen LogP contribution in [0.15, 0.2) is 59.5 Å². The molecule has 2 aromatic carbocycles. The summed E-state index contributed by atoms with van der Waals surface area (Å²) in [6.07, 6.45) is -3.13. The SMILES string of the molecule is Nc1cnc(N2CCN(C(=O)c3cc(Cc4n[nH]c(=O)c5ccccc45)ccc3C(F)(F)F)CC2)cc1N. The average Bonchev–Trinajstić information content (AvgIpc) is 2.91. The molecule has 1 saturated heterocycles. The van der Waals surface area contributed by atoms with E-state index in [1.807, 2.05) is 4.90 Å². The second-order valence-corrected chi connectivity index (χ2v) is 9.05. The number of aromatic nitrogens is 3. The summed E-state index contributed by atoms with van der Waals surface area (Å²) in [5.74, 6) is -0.120. The maximum atomic E-state index is 13.9. The van der Waals surface area contributed by atoms with Crippen LogP contribution in [0.4, 0.5) is 30.4 Å². The number of nitrogens with two attached hydrogens (primary N) is 2. The van der Waals surface area contributed by atoms with Crippen molar-refractivity contribution in [3.8, 4) is 0 Å². The lowest BCUT2D eigenvalue weighted by atomic mass is 9.98. The zero-order valence-corrected chi connectivity index (χ0v) is 20.1. The fourth-order valence-corrected chi connectivity index (χ4v) is 4.58. The van der Waals surface area contributed by atoms with E-state index < -0.39 is 23.2 Å². The molecule has 0 saturated carbocycles. The fourth-order valence-electron chi connectivity index (χ4n) is 4.58. The van der Waals surface area contributed by atoms with Gasteiger partial charge in [-0.05, 0) is 23.8 Å². The van der Waals surface area contributed by atoms with Crippen molar-refractivity contribution in [2.45, 2.75) is 12.6 Å². The van der Waals surface area contributed by atoms with Gasteiger partial charge >= 0.3 is 6.18 Å². The first-order chi connectivity index (χ1) is 18.1. The van der Waals surface area contributed by atoms with Gasteiger partial charge in [0.1, 0.15) is 5.82 Å². The molecule has 4 aromatic rings. The lowest BCUT2D eigenvalue weighted by Crippen LogP contribution is -2.49. The van der Waals surface area contributed by atoms with Gasteiger partial charge in [-0.1, -0.05) is 24.3 Å². The van der Waals surface area contributed by atoms with Crippen molar-refractivity contribution in [3.63, 3.8) is 0 Å². The van der Waals surface area contributed by atoms with Crippen LogP contribution in [0.3, 0.4) is 0 Å². The number of hydrogen-bond donors (Lipinski definition) is 3. The zero-order chi connectivity index (χ0) is 27.0. The summed E-state index contributed by atoms with van der Waals surface area (Å²) in [5, 5.41) is 7.55. The molecule has 3 heterocycles. The molecule has 5 N–H and O–H groups in total. The first-order valence-corrected chi connectivity index (χ1v) is 11.8. The predicted octanol–water partition coefficient (Wildman–Crippen LogP) is 3.05. The summed E-state index contributed by atoms with van der Waals surface area (Å²) < 4.78 is 41.6. The highest BCUT2D eigenvalue weighted by atomic mass is 19.4. The number of nitrogen functional groups attached to an aromatic ring is 2. The number of amides is 1. The molecule has 196 valence electrons. The lowest BCUT2D eigenvalue weighted by molar-refractivity contribution is -0.138. The minimum Gasteiger partial charge on any atom is -0.397 e. The number of H-pyrrole nitrogens is 1. The number of aromatic amines is 1. The van der Waals surface area contributed by atoms with Gasteiger partial charge in [-0.3, -0.25) is 9.59 Å². The molecule has 2 aromatic heterocycles. The van der Waals surface area contributed by atoms with Gasteiger partial charge in [-0.15, -0.1) is 0 Å². The summed E-state index contributed by atoms with van der Waals surface area (Å²) in [4.78, 5) is 33.0. The number of carbonyl (C=O) groups is 1. The van der Waals surface area contributed by atoms with Gasteiger partial charge in [-0.2, -0.15) is 18.3 Å². The first kappa shape index (κ1) is 25.1. The number of alkyl halides is 3. The Kier molecular flexibility index (Phi) is 6.39. The van der Waals surface area contributed by atoms with Crippen molar-refractivity contribution in [1.29, 1.82) is 0 Å². The van der Waals surface area contributed by atoms with Crippen LogP contribution in [-0.2, 0) is 12.6 Å². The highest BCUT2D eigenvalue weighted by Crippen LogP contribution is 2.34. The van der Waals surface area contributed by atoms with Crippen LogP contribution in [0.5, 0.6) is 0 Å². The predicted molar refractivity (Wildman–Crippen MR) is 138 cm³/mol. The summed E-state index contributed by atoms with van der Waals surface area (Å²) >= 11 is 0. The molecular formula is C26H24F3N7O2. The maximum absolute atomic E-state index is 13.9. The first-order valence-electron chi connectivity index (χ1n) is 11.8. The summed E-state index contributed by atoms with van der Waals surface area (Å²) in [7, 11) is 0. The van der Waals surface area contributed by atoms with Crippen molar-refractivity contribution < 1.29 is 18.0 Å². The van der Waals surface area contributed by atoms with E-state index in [2.05, 4.69) is 15.2 Å². The van der Waals surface area contributed by atoms with Crippen LogP contribution >= 0.6 is 0 Å². The summed E-state index contributed by atoms with van der Waals surface area (Å²) in [6, 6.07) is 12.0. The third-order valence-electron chi connectivity index (χ3n) is 6.61. The highest BCUT2D eigenvalue weighted by molar-refractivity contribution is 5.96. The minimum absolute atomic E-state index is 0.133. The molecule has 12 heteroatoms. The Labute approximate surface area is 214 Å². The number of nitrogens with one attached hydrogen (secondary N) is 1. The van der Waals surface area contributed by atoms with E-state index in [9.17, 15) is 22.8 Å². The number of pyridine rings is 1. The van der Waals surface area contributed by atoms with Crippen molar-refractivity contribution in [2.75, 3.05) is 42.5 Å². The second-order valence-electron chi connectivity index (χ2n) is 9.05. The molecule has 1 fully saturated rings. The van der Waals surface area contributed by atoms with Crippen LogP contribution in [0.1, 0.15) is 27.2 Å². The second kappa shape index (κ2) is 9.69. The minimum atomic E-state index is -4.71. The molecule has 5 rings (SSSR count). The largest absolute Gasteiger partial charge is 0.417 e. The van der Waals surface area contributed by atoms with Crippen LogP contribution in [-0.4, -0.2) is 52.2 Å². The molecular weight excluding hydrogens is 499 g/mol. The molecule has 0 atom stereocenters. The van der Waals surface area contributed by atoms with E-state index in [1.165, 1.54) is 23.2 Å². The number of halogens is 3. The number of carbonyl (C=O) groups excluding carboxylic acids is 1. The number of nitrogens with zero attached hydrogens (tertiary/aromatic N) is 4. The molecule has 1 aliphatic rings. The number of piperazine rings is 1. The van der Waals surface area contributed by atoms with E-state index in [1.54, 1.807) is 30.3 Å². The topological polar surface area (TPSA) is 134 Å². The third-order valence-corrected chi connectivity index (χ3v) is 6.61. The standard InChI is InChI=1S/C26H24F3N7O2/c27-26(28,29)19-6-5-15(12-22-16-3-1-2-4-17(16)24(37)34-33-22)11-18(19)25(38)36-9-7-35(8-10-36)23-13-20(30)21(31)14-32-23/h1-6,11,13-14H,7-10,12,31H2,(H2,30,32)(H,34,37). The van der Waals surface area contributed by atoms with Crippen LogP contribution in [0.25, 0.3) is 10.8 Å². The molecule has 9 nitrogen and oxygen atoms in total. The van der Waals surface area contributed by atoms with Crippen LogP contribution in [0, 0.1) is 0 Å². The van der Waals surface area contributed by atoms with Gasteiger partial charge < -0.3 is 21.3 Å². The van der Waals surface area contributed by atoms with E-state index >= 15 is 0 Å². The number of fused-ring (bicyclic) bond motifs is 1. The Morgan fingerprint density at radius 1 is 0.974 bits per heavy atom. The van der Waals surface area contributed by atoms with Gasteiger partial charge in [0.15, 0.2) is 0 Å². The Morgan fingerprint density at radius 3 is 2.37 bits per heavy atom. The van der Waals surface area contributed by atoms with Gasteiger partial charge in [0.05, 0.1) is 39.8 Å². The zero-order valence-electron chi connectivity index (χ0n) is 20.1. The Balaban J connectivity index is 1.41. The number of hydrogen-bond acceptors (Lipinski definition) is 7. The quantitative estimate of drug-likeness (QED) is 0.374. The smallest absolute Gasteiger partial charge is 0.397 e. The van der Waals surface area contributed by atoms with E-state index in [0.717, 1.165) is 6.07 Å². The molecule has 0 spiro atoms. The monoisotopic (exact) mass is 523 g/mol. The third kappa shape index (κ3) is 4.84. The molecule has 0 aliphatic carbocycles. The normalized spacial score (nSPS) is 14.2. The van der Waals surface area contributed by atoms with Crippen LogP contribution in [0.2, 0.25) is 0 Å². The molecule has 0 unspecified atom stereocenters. The van der Waals surface area contributed by atoms with Crippen molar-refractivity contribution in [1.82, 2.24) is 20.1 Å². The van der Waals surface area contributed by atoms with E-state index in [0.29, 0.717) is 52.3 Å². The highest BCUT2D eigenvalue weighted by Gasteiger charge is 2.37. The molecule has 0 bridgehead atoms. The van der Waals surface area contributed by atoms with Gasteiger partial charge in [0.25, 0.3) is 11.5 Å². The van der Waals surface area contributed by atoms with Crippen molar-refractivity contribution in [3.05, 3.63) is 87.5 Å². The van der Waals surface area contributed by atoms with Crippen LogP contribution < -0.4 is 21.9 Å². The average molecular weight is 524 g/mol. The van der Waals surface area contributed by atoms with Gasteiger partial charge in [0.2, 0.25) is 0 Å². The summed E-state index contributed by atoms with van der Waals surface area (Å²) in [6.45, 7) is 1.16. The Hall–Kier alpha value is -4.61. The number of anilines is 3. The molecule has 0 radical (unpaired) electrons. The van der Waals surface area contributed by atoms with E-state index in [4.69, 9.17) is 11.5 Å². The summed E-state index contributed by atoms with van der Waals surface area (Å²) in [5.41, 5.74) is 11.5. The number of rotatable bonds is 4. The molecule has 38 heavy (non-hydrogen) atoms. The van der Waals surface area contributed by atoms with E-state index in [-0.39, 0.29) is 25.1 Å². The molecule has 1 amide bonds. The van der Waals surface area contributed by atoms with Gasteiger partial charge in [0, 0.05) is 44.1 Å².